The summed E-state index contributed by atoms with van der Waals surface area (Å²) in [6, 6.07) is 16.7. The van der Waals surface area contributed by atoms with Crippen LogP contribution in [0.5, 0.6) is 5.75 Å². The monoisotopic (exact) mass is 452 g/mol. The minimum absolute atomic E-state index is 0.126. The summed E-state index contributed by atoms with van der Waals surface area (Å²) in [7, 11) is 0. The number of carbonyl (C=O) groups is 2. The number of hydrogen-bond donors (Lipinski definition) is 2. The van der Waals surface area contributed by atoms with Crippen molar-refractivity contribution in [2.45, 2.75) is 62.8 Å². The minimum atomic E-state index is -0.235. The van der Waals surface area contributed by atoms with Gasteiger partial charge in [-0.1, -0.05) is 36.8 Å². The van der Waals surface area contributed by atoms with Crippen molar-refractivity contribution in [2.24, 2.45) is 11.8 Å². The van der Waals surface area contributed by atoms with E-state index in [4.69, 9.17) is 4.74 Å². The molecule has 0 bridgehead atoms. The molecule has 2 aromatic carbocycles. The molecule has 2 fully saturated rings. The maximum absolute atomic E-state index is 12.0. The second-order valence-corrected chi connectivity index (χ2v) is 10.3. The number of rotatable bonds is 9. The first-order chi connectivity index (χ1) is 15.4. The molecule has 2 aromatic rings. The van der Waals surface area contributed by atoms with Gasteiger partial charge < -0.3 is 4.74 Å². The first kappa shape index (κ1) is 22.9. The number of imide groups is 1. The predicted octanol–water partition coefficient (Wildman–Crippen LogP) is 4.99. The molecule has 1 heterocycles. The Bertz CT molecular complexity index is 954. The average molecular weight is 453 g/mol. The smallest absolute Gasteiger partial charge is 0.230 e. The summed E-state index contributed by atoms with van der Waals surface area (Å²) in [4.78, 5) is 24.5. The van der Waals surface area contributed by atoms with Crippen LogP contribution in [0.3, 0.4) is 0 Å². The quantitative estimate of drug-likeness (QED) is 0.414. The molecular weight excluding hydrogens is 420 g/mol. The summed E-state index contributed by atoms with van der Waals surface area (Å²) in [5.41, 5.74) is 2.05. The zero-order valence-electron chi connectivity index (χ0n) is 18.9. The summed E-state index contributed by atoms with van der Waals surface area (Å²) >= 11 is 1.61. The molecule has 1 aliphatic heterocycles. The Labute approximate surface area is 194 Å². The molecule has 0 aromatic heterocycles. The van der Waals surface area contributed by atoms with E-state index in [1.807, 2.05) is 12.1 Å². The lowest BCUT2D eigenvalue weighted by atomic mass is 9.86. The van der Waals surface area contributed by atoms with Crippen molar-refractivity contribution in [3.05, 3.63) is 59.7 Å². The molecule has 5 nitrogen and oxygen atoms in total. The zero-order valence-corrected chi connectivity index (χ0v) is 19.7. The van der Waals surface area contributed by atoms with Crippen LogP contribution >= 0.6 is 11.9 Å². The number of amides is 2. The Morgan fingerprint density at radius 1 is 1.09 bits per heavy atom. The standard InChI is InChI=1S/C26H32N2O3S/c1-26(2,28-32-23-8-4-7-22(16-23)31-17-19-5-3-6-19)21-12-9-18(10-13-21)15-20-11-14-24(29)27-25(20)30/h4,7-10,12-13,16,19-20,28H,3,5-6,11,14-15,17H2,1-2H3,(H,27,29,30). The van der Waals surface area contributed by atoms with E-state index in [2.05, 4.69) is 60.3 Å². The van der Waals surface area contributed by atoms with Gasteiger partial charge in [0.2, 0.25) is 11.8 Å². The molecule has 2 aliphatic rings. The zero-order chi connectivity index (χ0) is 22.6. The van der Waals surface area contributed by atoms with Crippen molar-refractivity contribution < 1.29 is 14.3 Å². The van der Waals surface area contributed by atoms with Crippen LogP contribution in [0.1, 0.15) is 57.1 Å². The lowest BCUT2D eigenvalue weighted by molar-refractivity contribution is -0.136. The Morgan fingerprint density at radius 2 is 1.88 bits per heavy atom. The van der Waals surface area contributed by atoms with Crippen LogP contribution in [0, 0.1) is 11.8 Å². The fourth-order valence-electron chi connectivity index (χ4n) is 4.02. The van der Waals surface area contributed by atoms with Crippen LogP contribution in [-0.2, 0) is 21.5 Å². The second-order valence-electron chi connectivity index (χ2n) is 9.46. The van der Waals surface area contributed by atoms with Gasteiger partial charge in [0.1, 0.15) is 5.75 Å². The van der Waals surface area contributed by atoms with E-state index in [-0.39, 0.29) is 23.3 Å². The van der Waals surface area contributed by atoms with Gasteiger partial charge in [-0.15, -0.1) is 0 Å². The van der Waals surface area contributed by atoms with Crippen LogP contribution in [0.25, 0.3) is 0 Å². The number of hydrogen-bond acceptors (Lipinski definition) is 5. The Balaban J connectivity index is 1.31. The van der Waals surface area contributed by atoms with Crippen molar-refractivity contribution in [1.82, 2.24) is 10.0 Å². The van der Waals surface area contributed by atoms with Gasteiger partial charge in [0.05, 0.1) is 6.61 Å². The summed E-state index contributed by atoms with van der Waals surface area (Å²) in [6.07, 6.45) is 5.62. The summed E-state index contributed by atoms with van der Waals surface area (Å²) < 4.78 is 9.55. The predicted molar refractivity (Wildman–Crippen MR) is 127 cm³/mol. The molecule has 1 unspecified atom stereocenters. The summed E-state index contributed by atoms with van der Waals surface area (Å²) in [5, 5.41) is 2.44. The number of piperidine rings is 1. The third-order valence-electron chi connectivity index (χ3n) is 6.45. The van der Waals surface area contributed by atoms with Gasteiger partial charge in [-0.2, -0.15) is 0 Å². The molecule has 0 spiro atoms. The normalized spacial score (nSPS) is 19.4. The number of benzene rings is 2. The van der Waals surface area contributed by atoms with Gasteiger partial charge in [-0.25, -0.2) is 4.72 Å². The van der Waals surface area contributed by atoms with Gasteiger partial charge in [0.15, 0.2) is 0 Å². The molecule has 0 radical (unpaired) electrons. The maximum atomic E-state index is 12.0. The van der Waals surface area contributed by atoms with E-state index < -0.39 is 0 Å². The lowest BCUT2D eigenvalue weighted by Gasteiger charge is -2.27. The third kappa shape index (κ3) is 5.93. The highest BCUT2D eigenvalue weighted by molar-refractivity contribution is 7.97. The van der Waals surface area contributed by atoms with Gasteiger partial charge in [0.25, 0.3) is 0 Å². The van der Waals surface area contributed by atoms with E-state index in [9.17, 15) is 9.59 Å². The van der Waals surface area contributed by atoms with Crippen LogP contribution < -0.4 is 14.8 Å². The average Bonchev–Trinajstić information content (AvgIpc) is 2.74. The van der Waals surface area contributed by atoms with Gasteiger partial charge in [-0.3, -0.25) is 14.9 Å². The molecule has 1 saturated heterocycles. The second kappa shape index (κ2) is 10.1. The number of carbonyl (C=O) groups excluding carboxylic acids is 2. The molecule has 2 N–H and O–H groups in total. The number of nitrogens with one attached hydrogen (secondary N) is 2. The SMILES string of the molecule is CC(C)(NSc1cccc(OCC2CCC2)c1)c1ccc(CC2CCC(=O)NC2=O)cc1. The maximum Gasteiger partial charge on any atom is 0.230 e. The highest BCUT2D eigenvalue weighted by atomic mass is 32.2. The Morgan fingerprint density at radius 3 is 2.56 bits per heavy atom. The van der Waals surface area contributed by atoms with E-state index in [1.165, 1.54) is 24.8 Å². The fourth-order valence-corrected chi connectivity index (χ4v) is 4.83. The van der Waals surface area contributed by atoms with E-state index >= 15 is 0 Å². The minimum Gasteiger partial charge on any atom is -0.493 e. The molecule has 4 rings (SSSR count). The van der Waals surface area contributed by atoms with Crippen LogP contribution in [0.4, 0.5) is 0 Å². The molecule has 32 heavy (non-hydrogen) atoms. The summed E-state index contributed by atoms with van der Waals surface area (Å²) in [6.45, 7) is 5.14. The van der Waals surface area contributed by atoms with E-state index in [1.54, 1.807) is 11.9 Å². The highest BCUT2D eigenvalue weighted by Gasteiger charge is 2.27. The molecule has 1 atom stereocenters. The molecule has 170 valence electrons. The van der Waals surface area contributed by atoms with E-state index in [0.29, 0.717) is 19.3 Å². The van der Waals surface area contributed by atoms with Crippen molar-refractivity contribution >= 4 is 23.8 Å². The molecule has 1 saturated carbocycles. The molecule has 2 amide bonds. The fraction of sp³-hybridized carbons (Fsp3) is 0.462. The van der Waals surface area contributed by atoms with Gasteiger partial charge in [-0.05, 0) is 86.7 Å². The topological polar surface area (TPSA) is 67.4 Å². The molecular formula is C26H32N2O3S. The van der Waals surface area contributed by atoms with Crippen molar-refractivity contribution in [2.75, 3.05) is 6.61 Å². The van der Waals surface area contributed by atoms with Crippen molar-refractivity contribution in [3.63, 3.8) is 0 Å². The van der Waals surface area contributed by atoms with Crippen molar-refractivity contribution in [3.8, 4) is 5.75 Å². The third-order valence-corrected chi connectivity index (χ3v) is 7.55. The van der Waals surface area contributed by atoms with Crippen LogP contribution in [-0.4, -0.2) is 18.4 Å². The van der Waals surface area contributed by atoms with Crippen LogP contribution in [0.2, 0.25) is 0 Å². The van der Waals surface area contributed by atoms with Gasteiger partial charge >= 0.3 is 0 Å². The first-order valence-corrected chi connectivity index (χ1v) is 12.3. The largest absolute Gasteiger partial charge is 0.493 e. The first-order valence-electron chi connectivity index (χ1n) is 11.5. The Kier molecular flexibility index (Phi) is 7.21. The Hall–Kier alpha value is -2.31. The summed E-state index contributed by atoms with van der Waals surface area (Å²) in [5.74, 6) is 1.21. The van der Waals surface area contributed by atoms with Gasteiger partial charge in [0, 0.05) is 22.8 Å². The van der Waals surface area contributed by atoms with Crippen LogP contribution in [0.15, 0.2) is 53.4 Å². The van der Waals surface area contributed by atoms with E-state index in [0.717, 1.165) is 28.7 Å². The van der Waals surface area contributed by atoms with Crippen molar-refractivity contribution in [1.29, 1.82) is 0 Å². The lowest BCUT2D eigenvalue weighted by Crippen LogP contribution is -2.41. The number of ether oxygens (including phenoxy) is 1. The molecule has 1 aliphatic carbocycles. The molecule has 6 heteroatoms. The highest BCUT2D eigenvalue weighted by Crippen LogP contribution is 2.30.